The van der Waals surface area contributed by atoms with Crippen molar-refractivity contribution in [1.82, 2.24) is 14.5 Å². The molecule has 2 heterocycles. The number of nitrogens with one attached hydrogen (secondary N) is 1. The highest BCUT2D eigenvalue weighted by atomic mass is 35.5. The minimum atomic E-state index is -0.236. The van der Waals surface area contributed by atoms with Gasteiger partial charge in [0.05, 0.1) is 17.6 Å². The third kappa shape index (κ3) is 3.11. The largest absolute Gasteiger partial charge is 0.384 e. The van der Waals surface area contributed by atoms with Gasteiger partial charge in [0.25, 0.3) is 5.56 Å². The van der Waals surface area contributed by atoms with E-state index >= 15 is 0 Å². The number of nitrogens with two attached hydrogens (primary N) is 1. The van der Waals surface area contributed by atoms with Crippen LogP contribution in [0.4, 0.5) is 5.82 Å². The molecule has 0 aliphatic heterocycles. The van der Waals surface area contributed by atoms with E-state index < -0.39 is 0 Å². The average Bonchev–Trinajstić information content (AvgIpc) is 2.63. The number of aromatic nitrogens is 3. The Bertz CT molecular complexity index is 1060. The Kier molecular flexibility index (Phi) is 4.86. The van der Waals surface area contributed by atoms with Gasteiger partial charge < -0.3 is 11.1 Å². The van der Waals surface area contributed by atoms with Crippen LogP contribution in [0.15, 0.2) is 41.5 Å². The first kappa shape index (κ1) is 17.8. The van der Waals surface area contributed by atoms with Crippen molar-refractivity contribution in [2.24, 2.45) is 0 Å². The van der Waals surface area contributed by atoms with Crippen LogP contribution >= 0.6 is 11.6 Å². The van der Waals surface area contributed by atoms with E-state index in [2.05, 4.69) is 9.97 Å². The van der Waals surface area contributed by atoms with Crippen molar-refractivity contribution in [3.8, 4) is 22.4 Å². The monoisotopic (exact) mass is 367 g/mol. The molecule has 3 rings (SSSR count). The molecule has 0 unspecified atom stereocenters. The van der Waals surface area contributed by atoms with Crippen molar-refractivity contribution < 1.29 is 0 Å². The predicted molar refractivity (Wildman–Crippen MR) is 105 cm³/mol. The van der Waals surface area contributed by atoms with Gasteiger partial charge in [0.1, 0.15) is 5.82 Å². The number of halogens is 1. The molecule has 0 amide bonds. The van der Waals surface area contributed by atoms with Crippen LogP contribution in [-0.2, 0) is 6.54 Å². The molecule has 1 aromatic carbocycles. The summed E-state index contributed by atoms with van der Waals surface area (Å²) in [5.41, 5.74) is 9.54. The average molecular weight is 368 g/mol. The maximum absolute atomic E-state index is 12.8. The molecular weight excluding hydrogens is 350 g/mol. The molecule has 6 nitrogen and oxygen atoms in total. The predicted octanol–water partition coefficient (Wildman–Crippen LogP) is 3.53. The first-order valence-electron chi connectivity index (χ1n) is 8.09. The van der Waals surface area contributed by atoms with Gasteiger partial charge in [-0.3, -0.25) is 14.3 Å². The van der Waals surface area contributed by atoms with Crippen LogP contribution in [0.25, 0.3) is 22.4 Å². The minimum Gasteiger partial charge on any atom is -0.384 e. The molecule has 7 heteroatoms. The van der Waals surface area contributed by atoms with E-state index in [-0.39, 0.29) is 11.4 Å². The summed E-state index contributed by atoms with van der Waals surface area (Å²) in [5, 5.41) is 7.96. The molecule has 3 aromatic rings. The lowest BCUT2D eigenvalue weighted by atomic mass is 10.0. The smallest absolute Gasteiger partial charge is 0.260 e. The van der Waals surface area contributed by atoms with Crippen LogP contribution in [0.2, 0.25) is 5.02 Å². The second-order valence-corrected chi connectivity index (χ2v) is 6.24. The van der Waals surface area contributed by atoms with Gasteiger partial charge in [-0.15, -0.1) is 0 Å². The molecule has 132 valence electrons. The van der Waals surface area contributed by atoms with Gasteiger partial charge in [0.15, 0.2) is 0 Å². The third-order valence-corrected chi connectivity index (χ3v) is 4.46. The number of benzene rings is 1. The first-order valence-corrected chi connectivity index (χ1v) is 8.46. The number of rotatable bonds is 4. The fourth-order valence-electron chi connectivity index (χ4n) is 2.82. The Morgan fingerprint density at radius 1 is 1.27 bits per heavy atom. The van der Waals surface area contributed by atoms with Crippen molar-refractivity contribution >= 4 is 23.6 Å². The number of pyridine rings is 1. The van der Waals surface area contributed by atoms with Crippen molar-refractivity contribution in [3.63, 3.8) is 0 Å². The molecule has 0 atom stereocenters. The number of hydrogen-bond donors (Lipinski definition) is 2. The Hall–Kier alpha value is -2.99. The maximum atomic E-state index is 12.8. The highest BCUT2D eigenvalue weighted by molar-refractivity contribution is 6.33. The number of anilines is 1. The standard InChI is InChI=1S/C19H18ClN5O/c1-3-25-18(22)13(8-21)6-15(19(25)26)14-5-4-12(7-16(14)20)17-10-23-9-11(2)24-17/h4-10,21H,3,22H2,1-2H3. The molecule has 0 aliphatic rings. The van der Waals surface area contributed by atoms with Crippen LogP contribution < -0.4 is 11.3 Å². The van der Waals surface area contributed by atoms with Crippen molar-refractivity contribution in [3.05, 3.63) is 63.3 Å². The summed E-state index contributed by atoms with van der Waals surface area (Å²) in [4.78, 5) is 21.3. The Morgan fingerprint density at radius 2 is 2.04 bits per heavy atom. The fourth-order valence-corrected chi connectivity index (χ4v) is 3.10. The Balaban J connectivity index is 2.17. The first-order chi connectivity index (χ1) is 12.5. The van der Waals surface area contributed by atoms with Crippen molar-refractivity contribution in [2.45, 2.75) is 20.4 Å². The van der Waals surface area contributed by atoms with E-state index in [1.165, 1.54) is 4.57 Å². The highest BCUT2D eigenvalue weighted by Gasteiger charge is 2.15. The molecule has 0 aliphatic carbocycles. The molecule has 0 saturated carbocycles. The molecular formula is C19H18ClN5O. The lowest BCUT2D eigenvalue weighted by Gasteiger charge is -2.14. The molecule has 0 spiro atoms. The SMILES string of the molecule is CCn1c(N)c(C=N)cc(-c2ccc(-c3cncc(C)n3)cc2Cl)c1=O. The molecule has 2 aromatic heterocycles. The molecule has 0 bridgehead atoms. The van der Waals surface area contributed by atoms with E-state index in [1.807, 2.05) is 19.9 Å². The van der Waals surface area contributed by atoms with Crippen LogP contribution in [0.3, 0.4) is 0 Å². The molecule has 26 heavy (non-hydrogen) atoms. The highest BCUT2D eigenvalue weighted by Crippen LogP contribution is 2.31. The maximum Gasteiger partial charge on any atom is 0.260 e. The van der Waals surface area contributed by atoms with Gasteiger partial charge in [0, 0.05) is 46.2 Å². The molecule has 0 radical (unpaired) electrons. The molecule has 0 saturated heterocycles. The normalized spacial score (nSPS) is 10.7. The quantitative estimate of drug-likeness (QED) is 0.689. The zero-order valence-electron chi connectivity index (χ0n) is 14.5. The lowest BCUT2D eigenvalue weighted by molar-refractivity contribution is 0.740. The summed E-state index contributed by atoms with van der Waals surface area (Å²) >= 11 is 6.47. The van der Waals surface area contributed by atoms with Gasteiger partial charge >= 0.3 is 0 Å². The number of nitrogen functional groups attached to an aromatic ring is 1. The van der Waals surface area contributed by atoms with Crippen LogP contribution in [0.1, 0.15) is 18.2 Å². The van der Waals surface area contributed by atoms with Crippen molar-refractivity contribution in [1.29, 1.82) is 5.41 Å². The van der Waals surface area contributed by atoms with Gasteiger partial charge in [0.2, 0.25) is 0 Å². The summed E-state index contributed by atoms with van der Waals surface area (Å²) in [5.74, 6) is 0.277. The summed E-state index contributed by atoms with van der Waals surface area (Å²) < 4.78 is 1.44. The van der Waals surface area contributed by atoms with E-state index in [0.717, 1.165) is 17.5 Å². The van der Waals surface area contributed by atoms with Gasteiger partial charge in [-0.2, -0.15) is 0 Å². The zero-order chi connectivity index (χ0) is 18.8. The Labute approximate surface area is 155 Å². The minimum absolute atomic E-state index is 0.236. The van der Waals surface area contributed by atoms with Crippen LogP contribution in [0.5, 0.6) is 0 Å². The Morgan fingerprint density at radius 3 is 2.65 bits per heavy atom. The van der Waals surface area contributed by atoms with Crippen molar-refractivity contribution in [2.75, 3.05) is 5.73 Å². The summed E-state index contributed by atoms with van der Waals surface area (Å²) in [6.45, 7) is 4.11. The van der Waals surface area contributed by atoms with E-state index in [1.54, 1.807) is 30.6 Å². The van der Waals surface area contributed by atoms with Crippen LogP contribution in [0, 0.1) is 12.3 Å². The van der Waals surface area contributed by atoms with Gasteiger partial charge in [-0.05, 0) is 26.0 Å². The van der Waals surface area contributed by atoms with Crippen LogP contribution in [-0.4, -0.2) is 20.7 Å². The summed E-state index contributed by atoms with van der Waals surface area (Å²) in [7, 11) is 0. The topological polar surface area (TPSA) is 97.7 Å². The third-order valence-electron chi connectivity index (χ3n) is 4.14. The number of hydrogen-bond acceptors (Lipinski definition) is 5. The van der Waals surface area contributed by atoms with E-state index in [0.29, 0.717) is 34.0 Å². The van der Waals surface area contributed by atoms with Gasteiger partial charge in [-0.25, -0.2) is 4.98 Å². The lowest BCUT2D eigenvalue weighted by Crippen LogP contribution is -2.25. The number of aryl methyl sites for hydroxylation is 1. The van der Waals surface area contributed by atoms with E-state index in [4.69, 9.17) is 22.7 Å². The summed E-state index contributed by atoms with van der Waals surface area (Å²) in [6.07, 6.45) is 4.48. The molecule has 0 fully saturated rings. The van der Waals surface area contributed by atoms with E-state index in [9.17, 15) is 4.79 Å². The summed E-state index contributed by atoms with van der Waals surface area (Å²) in [6, 6.07) is 6.99. The molecule has 3 N–H and O–H groups in total. The van der Waals surface area contributed by atoms with Gasteiger partial charge in [-0.1, -0.05) is 23.7 Å². The fraction of sp³-hybridized carbons (Fsp3) is 0.158. The second kappa shape index (κ2) is 7.09. The zero-order valence-corrected chi connectivity index (χ0v) is 15.2. The second-order valence-electron chi connectivity index (χ2n) is 5.83. The number of nitrogens with zero attached hydrogens (tertiary/aromatic N) is 3.